The van der Waals surface area contributed by atoms with Gasteiger partial charge >= 0.3 is 5.97 Å². The lowest BCUT2D eigenvalue weighted by atomic mass is 9.81. The highest BCUT2D eigenvalue weighted by molar-refractivity contribution is 6.07. The van der Waals surface area contributed by atoms with Crippen LogP contribution in [0.5, 0.6) is 0 Å². The quantitative estimate of drug-likeness (QED) is 0.631. The van der Waals surface area contributed by atoms with Crippen molar-refractivity contribution in [2.24, 2.45) is 11.8 Å². The number of imide groups is 1. The van der Waals surface area contributed by atoms with Crippen molar-refractivity contribution < 1.29 is 23.9 Å². The Morgan fingerprint density at radius 2 is 1.67 bits per heavy atom. The van der Waals surface area contributed by atoms with E-state index >= 15 is 0 Å². The molecule has 1 aliphatic heterocycles. The molecule has 144 valence electrons. The summed E-state index contributed by atoms with van der Waals surface area (Å²) in [7, 11) is 0. The normalized spacial score (nSPS) is 23.0. The highest BCUT2D eigenvalue weighted by Gasteiger charge is 2.48. The average molecular weight is 372 g/mol. The summed E-state index contributed by atoms with van der Waals surface area (Å²) in [6.07, 6.45) is 2.20. The topological polar surface area (TPSA) is 92.8 Å². The zero-order valence-corrected chi connectivity index (χ0v) is 15.6. The van der Waals surface area contributed by atoms with Crippen molar-refractivity contribution in [1.82, 2.24) is 4.90 Å². The van der Waals surface area contributed by atoms with Gasteiger partial charge < -0.3 is 10.1 Å². The van der Waals surface area contributed by atoms with E-state index in [1.54, 1.807) is 12.1 Å². The second-order valence-corrected chi connectivity index (χ2v) is 7.25. The Bertz CT molecular complexity index is 734. The van der Waals surface area contributed by atoms with E-state index < -0.39 is 24.5 Å². The van der Waals surface area contributed by atoms with Crippen LogP contribution in [0.2, 0.25) is 0 Å². The highest BCUT2D eigenvalue weighted by Crippen LogP contribution is 2.37. The molecule has 0 spiro atoms. The molecule has 1 heterocycles. The molecule has 1 aliphatic carbocycles. The van der Waals surface area contributed by atoms with E-state index in [0.29, 0.717) is 18.5 Å². The van der Waals surface area contributed by atoms with Crippen LogP contribution in [-0.4, -0.2) is 41.2 Å². The van der Waals surface area contributed by atoms with Crippen molar-refractivity contribution in [3.8, 4) is 0 Å². The summed E-state index contributed by atoms with van der Waals surface area (Å²) < 4.78 is 5.12. The second kappa shape index (κ2) is 7.90. The van der Waals surface area contributed by atoms with E-state index in [4.69, 9.17) is 4.74 Å². The first-order valence-corrected chi connectivity index (χ1v) is 9.29. The van der Waals surface area contributed by atoms with Crippen LogP contribution >= 0.6 is 0 Å². The molecule has 3 amide bonds. The number of aryl methyl sites for hydroxylation is 1. The molecule has 1 N–H and O–H groups in total. The molecule has 2 fully saturated rings. The number of anilines is 1. The van der Waals surface area contributed by atoms with Gasteiger partial charge in [0.25, 0.3) is 5.91 Å². The third kappa shape index (κ3) is 4.18. The van der Waals surface area contributed by atoms with Gasteiger partial charge in [-0.15, -0.1) is 0 Å². The molecule has 0 aromatic heterocycles. The van der Waals surface area contributed by atoms with Crippen molar-refractivity contribution in [3.63, 3.8) is 0 Å². The second-order valence-electron chi connectivity index (χ2n) is 7.25. The average Bonchev–Trinajstić information content (AvgIpc) is 2.89. The summed E-state index contributed by atoms with van der Waals surface area (Å²) >= 11 is 0. The number of hydrogen-bond acceptors (Lipinski definition) is 5. The zero-order chi connectivity index (χ0) is 19.6. The van der Waals surface area contributed by atoms with E-state index in [1.807, 2.05) is 19.1 Å². The van der Waals surface area contributed by atoms with E-state index in [1.165, 1.54) is 6.92 Å². The van der Waals surface area contributed by atoms with Gasteiger partial charge in [-0.25, -0.2) is 0 Å². The largest absolute Gasteiger partial charge is 0.451 e. The Balaban J connectivity index is 1.53. The standard InChI is InChI=1S/C20H24N2O5/c1-12-7-9-14(10-8-12)21-18(24)13(2)27-17(23)11-22-19(25)15-5-3-4-6-16(15)20(22)26/h7-10,13,15-16H,3-6,11H2,1-2H3,(H,21,24)/t13-,15+,16+/m1/s1. The molecule has 0 unspecified atom stereocenters. The number of esters is 1. The minimum atomic E-state index is -1.03. The van der Waals surface area contributed by atoms with Crippen LogP contribution in [0.3, 0.4) is 0 Å². The molecule has 1 saturated heterocycles. The lowest BCUT2D eigenvalue weighted by Gasteiger charge is -2.19. The Labute approximate surface area is 158 Å². The van der Waals surface area contributed by atoms with Gasteiger partial charge in [0.05, 0.1) is 11.8 Å². The van der Waals surface area contributed by atoms with Crippen molar-refractivity contribution >= 4 is 29.4 Å². The first kappa shape index (κ1) is 19.1. The molecule has 1 aromatic rings. The van der Waals surface area contributed by atoms with E-state index in [2.05, 4.69) is 5.32 Å². The van der Waals surface area contributed by atoms with Crippen molar-refractivity contribution in [1.29, 1.82) is 0 Å². The molecule has 0 radical (unpaired) electrons. The summed E-state index contributed by atoms with van der Waals surface area (Å²) in [4.78, 5) is 50.1. The first-order chi connectivity index (χ1) is 12.9. The van der Waals surface area contributed by atoms with Gasteiger partial charge in [-0.2, -0.15) is 0 Å². The van der Waals surface area contributed by atoms with Gasteiger partial charge in [-0.05, 0) is 38.8 Å². The Morgan fingerprint density at radius 1 is 1.11 bits per heavy atom. The van der Waals surface area contributed by atoms with E-state index in [0.717, 1.165) is 23.3 Å². The predicted octanol–water partition coefficient (Wildman–Crippen LogP) is 2.04. The van der Waals surface area contributed by atoms with Gasteiger partial charge in [0, 0.05) is 5.69 Å². The van der Waals surface area contributed by atoms with E-state index in [-0.39, 0.29) is 23.7 Å². The lowest BCUT2D eigenvalue weighted by Crippen LogP contribution is -2.39. The fourth-order valence-corrected chi connectivity index (χ4v) is 3.68. The number of nitrogens with zero attached hydrogens (tertiary/aromatic N) is 1. The molecule has 3 rings (SSSR count). The Hall–Kier alpha value is -2.70. The summed E-state index contributed by atoms with van der Waals surface area (Å²) in [6.45, 7) is 2.95. The fraction of sp³-hybridized carbons (Fsp3) is 0.500. The number of benzene rings is 1. The maximum atomic E-state index is 12.4. The lowest BCUT2D eigenvalue weighted by molar-refractivity contribution is -0.158. The van der Waals surface area contributed by atoms with Crippen LogP contribution in [-0.2, 0) is 23.9 Å². The smallest absolute Gasteiger partial charge is 0.326 e. The van der Waals surface area contributed by atoms with Crippen LogP contribution in [0.15, 0.2) is 24.3 Å². The van der Waals surface area contributed by atoms with Crippen LogP contribution in [0.1, 0.15) is 38.2 Å². The predicted molar refractivity (Wildman–Crippen MR) is 97.5 cm³/mol. The van der Waals surface area contributed by atoms with Gasteiger partial charge in [0.15, 0.2) is 6.10 Å². The monoisotopic (exact) mass is 372 g/mol. The number of nitrogens with one attached hydrogen (secondary N) is 1. The van der Waals surface area contributed by atoms with Crippen molar-refractivity contribution in [2.75, 3.05) is 11.9 Å². The molecule has 7 heteroatoms. The van der Waals surface area contributed by atoms with E-state index in [9.17, 15) is 19.2 Å². The number of ether oxygens (including phenoxy) is 1. The van der Waals surface area contributed by atoms with Crippen molar-refractivity contribution in [3.05, 3.63) is 29.8 Å². The molecular formula is C20H24N2O5. The number of carbonyl (C=O) groups is 4. The zero-order valence-electron chi connectivity index (χ0n) is 15.6. The fourth-order valence-electron chi connectivity index (χ4n) is 3.68. The number of amides is 3. The summed E-state index contributed by atoms with van der Waals surface area (Å²) in [5.74, 6) is -2.43. The Morgan fingerprint density at radius 3 is 2.22 bits per heavy atom. The molecule has 1 saturated carbocycles. The van der Waals surface area contributed by atoms with Crippen LogP contribution < -0.4 is 5.32 Å². The minimum Gasteiger partial charge on any atom is -0.451 e. The number of likely N-dealkylation sites (tertiary alicyclic amines) is 1. The Kier molecular flexibility index (Phi) is 5.58. The molecule has 7 nitrogen and oxygen atoms in total. The maximum Gasteiger partial charge on any atom is 0.326 e. The molecular weight excluding hydrogens is 348 g/mol. The molecule has 1 aromatic carbocycles. The van der Waals surface area contributed by atoms with Gasteiger partial charge in [-0.3, -0.25) is 24.1 Å². The third-order valence-corrected chi connectivity index (χ3v) is 5.22. The summed E-state index contributed by atoms with van der Waals surface area (Å²) in [5.41, 5.74) is 1.66. The maximum absolute atomic E-state index is 12.4. The SMILES string of the molecule is Cc1ccc(NC(=O)[C@@H](C)OC(=O)CN2C(=O)[C@H]3CCCC[C@@H]3C2=O)cc1. The van der Waals surface area contributed by atoms with Crippen molar-refractivity contribution in [2.45, 2.75) is 45.6 Å². The summed E-state index contributed by atoms with van der Waals surface area (Å²) in [6, 6.07) is 7.23. The number of fused-ring (bicyclic) bond motifs is 1. The number of hydrogen-bond donors (Lipinski definition) is 1. The minimum absolute atomic E-state index is 0.293. The van der Waals surface area contributed by atoms with Crippen LogP contribution in [0.25, 0.3) is 0 Å². The van der Waals surface area contributed by atoms with Gasteiger partial charge in [-0.1, -0.05) is 30.5 Å². The molecule has 0 bridgehead atoms. The highest BCUT2D eigenvalue weighted by atomic mass is 16.5. The number of rotatable bonds is 5. The van der Waals surface area contributed by atoms with Crippen LogP contribution in [0.4, 0.5) is 5.69 Å². The first-order valence-electron chi connectivity index (χ1n) is 9.29. The molecule has 27 heavy (non-hydrogen) atoms. The molecule has 3 atom stereocenters. The third-order valence-electron chi connectivity index (χ3n) is 5.22. The molecule has 2 aliphatic rings. The summed E-state index contributed by atoms with van der Waals surface area (Å²) in [5, 5.41) is 2.66. The number of carbonyl (C=O) groups excluding carboxylic acids is 4. The van der Waals surface area contributed by atoms with Crippen LogP contribution in [0, 0.1) is 18.8 Å². The van der Waals surface area contributed by atoms with Gasteiger partial charge in [0.1, 0.15) is 6.54 Å². The van der Waals surface area contributed by atoms with Gasteiger partial charge in [0.2, 0.25) is 11.8 Å².